The third kappa shape index (κ3) is 13.1. The summed E-state index contributed by atoms with van der Waals surface area (Å²) >= 11 is 0. The molecule has 0 aromatic heterocycles. The lowest BCUT2D eigenvalue weighted by molar-refractivity contribution is -0.142. The largest absolute Gasteiger partial charge is 0.469 e. The van der Waals surface area contributed by atoms with Gasteiger partial charge in [0.2, 0.25) is 11.8 Å². The Kier molecular flexibility index (Phi) is 15.7. The number of hydrogen-bond donors (Lipinski definition) is 3. The number of Topliss-reactive ketones (excluding diaryl/α,β-unsaturated/α-hetero) is 1. The van der Waals surface area contributed by atoms with Crippen LogP contribution in [0, 0.1) is 0 Å². The van der Waals surface area contributed by atoms with Gasteiger partial charge in [0.1, 0.15) is 6.04 Å². The molecular formula is C20H34N6O7. The third-order valence-electron chi connectivity index (χ3n) is 4.90. The van der Waals surface area contributed by atoms with E-state index in [4.69, 9.17) is 5.53 Å². The fourth-order valence-electron chi connectivity index (χ4n) is 2.90. The molecule has 3 N–H and O–H groups in total. The summed E-state index contributed by atoms with van der Waals surface area (Å²) in [5, 5.41) is 11.5. The smallest absolute Gasteiger partial charge is 0.305 e. The lowest BCUT2D eigenvalue weighted by atomic mass is 10.0. The van der Waals surface area contributed by atoms with E-state index in [1.165, 1.54) is 21.1 Å². The number of ether oxygens (including phenoxy) is 2. The average Bonchev–Trinajstić information content (AvgIpc) is 2.80. The van der Waals surface area contributed by atoms with Crippen molar-refractivity contribution in [1.82, 2.24) is 16.0 Å². The summed E-state index contributed by atoms with van der Waals surface area (Å²) in [6, 6.07) is -2.67. The zero-order valence-electron chi connectivity index (χ0n) is 19.6. The van der Waals surface area contributed by atoms with Crippen LogP contribution in [0.3, 0.4) is 0 Å². The predicted octanol–water partition coefficient (Wildman–Crippen LogP) is 0.520. The number of amides is 2. The molecule has 0 saturated heterocycles. The monoisotopic (exact) mass is 470 g/mol. The van der Waals surface area contributed by atoms with Crippen LogP contribution in [0.25, 0.3) is 10.4 Å². The lowest BCUT2D eigenvalue weighted by Gasteiger charge is -2.24. The van der Waals surface area contributed by atoms with E-state index < -0.39 is 41.9 Å². The predicted molar refractivity (Wildman–Crippen MR) is 118 cm³/mol. The van der Waals surface area contributed by atoms with Crippen molar-refractivity contribution in [3.8, 4) is 0 Å². The molecule has 0 heterocycles. The Balaban J connectivity index is 5.21. The van der Waals surface area contributed by atoms with Gasteiger partial charge >= 0.3 is 11.9 Å². The Labute approximate surface area is 192 Å². The van der Waals surface area contributed by atoms with Gasteiger partial charge < -0.3 is 25.4 Å². The molecule has 0 rings (SSSR count). The van der Waals surface area contributed by atoms with Gasteiger partial charge in [-0.05, 0) is 45.2 Å². The maximum atomic E-state index is 12.8. The van der Waals surface area contributed by atoms with Crippen LogP contribution in [0.2, 0.25) is 0 Å². The van der Waals surface area contributed by atoms with E-state index in [9.17, 15) is 24.0 Å². The first-order valence-electron chi connectivity index (χ1n) is 10.6. The Hall–Kier alpha value is -3.18. The van der Waals surface area contributed by atoms with Gasteiger partial charge in [-0.3, -0.25) is 24.0 Å². The van der Waals surface area contributed by atoms with Crippen LogP contribution >= 0.6 is 0 Å². The average molecular weight is 471 g/mol. The molecule has 0 aliphatic rings. The van der Waals surface area contributed by atoms with Crippen molar-refractivity contribution in [2.45, 2.75) is 70.0 Å². The number of esters is 2. The Bertz CT molecular complexity index is 724. The molecule has 0 aliphatic heterocycles. The number of hydrogen-bond acceptors (Lipinski definition) is 9. The summed E-state index contributed by atoms with van der Waals surface area (Å²) in [4.78, 5) is 63.1. The number of nitrogens with zero attached hydrogens (tertiary/aromatic N) is 3. The van der Waals surface area contributed by atoms with E-state index in [2.05, 4.69) is 35.5 Å². The number of carbonyl (C=O) groups is 5. The normalized spacial score (nSPS) is 13.0. The number of ketones is 1. The molecule has 0 spiro atoms. The number of nitrogens with one attached hydrogen (secondary N) is 3. The van der Waals surface area contributed by atoms with Crippen LogP contribution < -0.4 is 16.0 Å². The van der Waals surface area contributed by atoms with Gasteiger partial charge in [0.25, 0.3) is 0 Å². The summed E-state index contributed by atoms with van der Waals surface area (Å²) in [7, 11) is 4.03. The first kappa shape index (κ1) is 29.8. The van der Waals surface area contributed by atoms with Crippen molar-refractivity contribution >= 4 is 29.5 Å². The van der Waals surface area contributed by atoms with E-state index >= 15 is 0 Å². The van der Waals surface area contributed by atoms with Crippen LogP contribution in [0.4, 0.5) is 0 Å². The molecule has 0 fully saturated rings. The van der Waals surface area contributed by atoms with Crippen LogP contribution in [-0.4, -0.2) is 75.5 Å². The summed E-state index contributed by atoms with van der Waals surface area (Å²) in [5.74, 6) is -2.56. The molecule has 33 heavy (non-hydrogen) atoms. The van der Waals surface area contributed by atoms with E-state index in [0.717, 1.165) is 0 Å². The molecule has 0 aromatic rings. The van der Waals surface area contributed by atoms with Gasteiger partial charge in [-0.2, -0.15) is 0 Å². The number of azide groups is 1. The molecule has 0 saturated carbocycles. The standard InChI is InChI=1S/C20H34N6O7/c1-13(27)14(8-10-17(28)32-3)24-20(31)16(9-11-18(29)33-4)25-19(30)15(22-2)7-5-6-12-23-26-21/h14-16,22H,5-12H2,1-4H3,(H,24,31)(H,25,30). The quantitative estimate of drug-likeness (QED) is 0.0901. The fraction of sp³-hybridized carbons (Fsp3) is 0.750. The van der Waals surface area contributed by atoms with Gasteiger partial charge in [-0.25, -0.2) is 0 Å². The summed E-state index contributed by atoms with van der Waals surface area (Å²) in [6.45, 7) is 1.59. The first-order valence-corrected chi connectivity index (χ1v) is 10.6. The fourth-order valence-corrected chi connectivity index (χ4v) is 2.90. The third-order valence-corrected chi connectivity index (χ3v) is 4.90. The summed E-state index contributed by atoms with van der Waals surface area (Å²) in [6.07, 6.45) is 1.44. The van der Waals surface area contributed by atoms with Crippen molar-refractivity contribution in [2.75, 3.05) is 27.8 Å². The van der Waals surface area contributed by atoms with Crippen molar-refractivity contribution in [3.05, 3.63) is 10.4 Å². The van der Waals surface area contributed by atoms with E-state index in [1.54, 1.807) is 7.05 Å². The highest BCUT2D eigenvalue weighted by molar-refractivity contribution is 5.93. The van der Waals surface area contributed by atoms with E-state index in [1.807, 2.05) is 0 Å². The molecule has 13 heteroatoms. The number of rotatable bonds is 17. The Morgan fingerprint density at radius 3 is 1.85 bits per heavy atom. The summed E-state index contributed by atoms with van der Waals surface area (Å²) < 4.78 is 9.15. The van der Waals surface area contributed by atoms with Crippen molar-refractivity contribution < 1.29 is 33.4 Å². The van der Waals surface area contributed by atoms with Gasteiger partial charge in [-0.15, -0.1) is 0 Å². The van der Waals surface area contributed by atoms with E-state index in [0.29, 0.717) is 25.8 Å². The van der Waals surface area contributed by atoms with Crippen molar-refractivity contribution in [1.29, 1.82) is 0 Å². The van der Waals surface area contributed by atoms with Crippen molar-refractivity contribution in [2.24, 2.45) is 5.11 Å². The minimum atomic E-state index is -1.10. The molecular weight excluding hydrogens is 436 g/mol. The second-order valence-corrected chi connectivity index (χ2v) is 7.25. The van der Waals surface area contributed by atoms with E-state index in [-0.39, 0.29) is 31.5 Å². The highest BCUT2D eigenvalue weighted by Gasteiger charge is 2.28. The van der Waals surface area contributed by atoms with Crippen LogP contribution in [-0.2, 0) is 33.4 Å². The van der Waals surface area contributed by atoms with Crippen LogP contribution in [0.5, 0.6) is 0 Å². The van der Waals surface area contributed by atoms with Crippen molar-refractivity contribution in [3.63, 3.8) is 0 Å². The van der Waals surface area contributed by atoms with Gasteiger partial charge in [0.05, 0.1) is 26.3 Å². The highest BCUT2D eigenvalue weighted by atomic mass is 16.5. The van der Waals surface area contributed by atoms with Crippen LogP contribution in [0.1, 0.15) is 51.9 Å². The number of carbonyl (C=O) groups excluding carboxylic acids is 5. The molecule has 3 unspecified atom stereocenters. The Morgan fingerprint density at radius 2 is 1.36 bits per heavy atom. The van der Waals surface area contributed by atoms with Gasteiger partial charge in [-0.1, -0.05) is 11.5 Å². The summed E-state index contributed by atoms with van der Waals surface area (Å²) in [5.41, 5.74) is 8.30. The molecule has 186 valence electrons. The SMILES string of the molecule is CNC(CCCCN=[N+]=[N-])C(=O)NC(CCC(=O)OC)C(=O)NC(CCC(=O)OC)C(C)=O. The van der Waals surface area contributed by atoms with Gasteiger partial charge in [0, 0.05) is 24.3 Å². The zero-order valence-corrected chi connectivity index (χ0v) is 19.6. The molecule has 0 aliphatic carbocycles. The highest BCUT2D eigenvalue weighted by Crippen LogP contribution is 2.07. The second-order valence-electron chi connectivity index (χ2n) is 7.25. The lowest BCUT2D eigenvalue weighted by Crippen LogP contribution is -2.54. The van der Waals surface area contributed by atoms with Gasteiger partial charge in [0.15, 0.2) is 5.78 Å². The number of unbranched alkanes of at least 4 members (excludes halogenated alkanes) is 1. The molecule has 0 radical (unpaired) electrons. The second kappa shape index (κ2) is 17.4. The molecule has 2 amide bonds. The minimum absolute atomic E-state index is 0.0374. The first-order chi connectivity index (χ1) is 15.7. The number of methoxy groups -OCH3 is 2. The molecule has 0 aromatic carbocycles. The molecule has 13 nitrogen and oxygen atoms in total. The zero-order chi connectivity index (χ0) is 25.2. The number of likely N-dealkylation sites (N-methyl/N-ethyl adjacent to an activating group) is 1. The topological polar surface area (TPSA) is 189 Å². The van der Waals surface area contributed by atoms with Crippen LogP contribution in [0.15, 0.2) is 5.11 Å². The Morgan fingerprint density at radius 1 is 0.848 bits per heavy atom. The molecule has 0 bridgehead atoms. The molecule has 3 atom stereocenters. The minimum Gasteiger partial charge on any atom is -0.469 e. The maximum absolute atomic E-state index is 12.8. The maximum Gasteiger partial charge on any atom is 0.305 e.